The van der Waals surface area contributed by atoms with E-state index in [1.54, 1.807) is 36.9 Å². The number of hydrogen-bond donors (Lipinski definition) is 2. The van der Waals surface area contributed by atoms with Crippen molar-refractivity contribution in [3.63, 3.8) is 0 Å². The summed E-state index contributed by atoms with van der Waals surface area (Å²) in [6, 6.07) is 8.90. The molecule has 1 aromatic carbocycles. The fraction of sp³-hybridized carbons (Fsp3) is 0.200. The zero-order valence-corrected chi connectivity index (χ0v) is 15.9. The molecule has 0 bridgehead atoms. The third kappa shape index (κ3) is 3.89. The van der Waals surface area contributed by atoms with Crippen LogP contribution in [0.2, 0.25) is 5.02 Å². The predicted octanol–water partition coefficient (Wildman–Crippen LogP) is 3.57. The number of nitrogens with two attached hydrogens (primary N) is 1. The Labute approximate surface area is 158 Å². The fourth-order valence-corrected chi connectivity index (χ4v) is 3.02. The van der Waals surface area contributed by atoms with E-state index in [0.29, 0.717) is 21.9 Å². The molecule has 3 N–H and O–H groups in total. The van der Waals surface area contributed by atoms with Gasteiger partial charge < -0.3 is 20.6 Å². The molecule has 0 saturated carbocycles. The Morgan fingerprint density at radius 2 is 2.00 bits per heavy atom. The maximum Gasteiger partial charge on any atom is 0.253 e. The van der Waals surface area contributed by atoms with Gasteiger partial charge in [0.1, 0.15) is 0 Å². The molecule has 0 spiro atoms. The average Bonchev–Trinajstić information content (AvgIpc) is 2.63. The third-order valence-electron chi connectivity index (χ3n) is 4.33. The molecule has 0 amide bonds. The van der Waals surface area contributed by atoms with E-state index in [-0.39, 0.29) is 11.6 Å². The minimum atomic E-state index is -0.334. The maximum atomic E-state index is 12.0. The zero-order valence-electron chi connectivity index (χ0n) is 15.2. The molecule has 6 heteroatoms. The van der Waals surface area contributed by atoms with Gasteiger partial charge in [-0.3, -0.25) is 4.79 Å². The third-order valence-corrected chi connectivity index (χ3v) is 4.58. The van der Waals surface area contributed by atoms with Crippen LogP contribution < -0.4 is 16.2 Å². The van der Waals surface area contributed by atoms with Crippen molar-refractivity contribution in [2.45, 2.75) is 13.0 Å². The molecular formula is C20H23ClN4O. The van der Waals surface area contributed by atoms with Crippen LogP contribution in [-0.2, 0) is 7.05 Å². The lowest BCUT2D eigenvalue weighted by atomic mass is 9.95. The van der Waals surface area contributed by atoms with Crippen molar-refractivity contribution in [2.75, 3.05) is 11.9 Å². The molecule has 5 nitrogen and oxygen atoms in total. The Morgan fingerprint density at radius 3 is 2.50 bits per heavy atom. The van der Waals surface area contributed by atoms with Crippen molar-refractivity contribution in [3.8, 4) is 0 Å². The molecule has 26 heavy (non-hydrogen) atoms. The summed E-state index contributed by atoms with van der Waals surface area (Å²) in [6.07, 6.45) is 4.54. The Balaban J connectivity index is 2.67. The second-order valence-electron chi connectivity index (χ2n) is 6.12. The molecule has 1 atom stereocenters. The average molecular weight is 371 g/mol. The molecular weight excluding hydrogens is 348 g/mol. The summed E-state index contributed by atoms with van der Waals surface area (Å²) >= 11 is 6.03. The first-order valence-electron chi connectivity index (χ1n) is 8.08. The summed E-state index contributed by atoms with van der Waals surface area (Å²) in [6.45, 7) is 5.50. The fourth-order valence-electron chi connectivity index (χ4n) is 2.89. The predicted molar refractivity (Wildman–Crippen MR) is 109 cm³/mol. The minimum Gasteiger partial charge on any atom is -0.398 e. The van der Waals surface area contributed by atoms with Crippen molar-refractivity contribution in [1.29, 1.82) is 5.41 Å². The molecule has 1 aromatic heterocycles. The van der Waals surface area contributed by atoms with E-state index in [1.807, 2.05) is 30.1 Å². The van der Waals surface area contributed by atoms with Crippen LogP contribution in [0.5, 0.6) is 0 Å². The topological polar surface area (TPSA) is 75.1 Å². The Kier molecular flexibility index (Phi) is 6.05. The van der Waals surface area contributed by atoms with Gasteiger partial charge in [0.15, 0.2) is 0 Å². The van der Waals surface area contributed by atoms with E-state index in [9.17, 15) is 4.79 Å². The molecule has 1 unspecified atom stereocenters. The molecule has 0 aliphatic heterocycles. The highest BCUT2D eigenvalue weighted by molar-refractivity contribution is 6.30. The minimum absolute atomic E-state index is 0.0429. The van der Waals surface area contributed by atoms with E-state index in [4.69, 9.17) is 22.7 Å². The number of aryl methyl sites for hydroxylation is 2. The monoisotopic (exact) mass is 370 g/mol. The summed E-state index contributed by atoms with van der Waals surface area (Å²) in [5.74, 6) is 0. The summed E-state index contributed by atoms with van der Waals surface area (Å²) in [5, 5.41) is 8.50. The maximum absolute atomic E-state index is 12.0. The van der Waals surface area contributed by atoms with Gasteiger partial charge in [0.05, 0.1) is 11.7 Å². The lowest BCUT2D eigenvalue weighted by Gasteiger charge is -2.32. The van der Waals surface area contributed by atoms with Gasteiger partial charge >= 0.3 is 0 Å². The number of likely N-dealkylation sites (N-methyl/N-ethyl adjacent to an activating group) is 1. The van der Waals surface area contributed by atoms with Gasteiger partial charge in [-0.15, -0.1) is 0 Å². The number of allylic oxidation sites excluding steroid dienone is 1. The van der Waals surface area contributed by atoms with Crippen molar-refractivity contribution < 1.29 is 0 Å². The second-order valence-corrected chi connectivity index (χ2v) is 6.56. The molecule has 0 fully saturated rings. The Morgan fingerprint density at radius 1 is 1.38 bits per heavy atom. The number of nitrogens with one attached hydrogen (secondary N) is 1. The van der Waals surface area contributed by atoms with Crippen LogP contribution in [0.3, 0.4) is 0 Å². The van der Waals surface area contributed by atoms with E-state index in [1.165, 1.54) is 12.3 Å². The van der Waals surface area contributed by atoms with E-state index in [2.05, 4.69) is 6.58 Å². The number of anilines is 1. The number of rotatable bonds is 6. The van der Waals surface area contributed by atoms with Crippen molar-refractivity contribution >= 4 is 23.5 Å². The van der Waals surface area contributed by atoms with Crippen LogP contribution in [0.4, 0.5) is 5.69 Å². The molecule has 0 aliphatic carbocycles. The zero-order chi connectivity index (χ0) is 19.4. The van der Waals surface area contributed by atoms with Gasteiger partial charge in [0.2, 0.25) is 0 Å². The number of nitrogens with zero attached hydrogens (tertiary/aromatic N) is 2. The largest absolute Gasteiger partial charge is 0.398 e. The van der Waals surface area contributed by atoms with Gasteiger partial charge in [-0.2, -0.15) is 0 Å². The summed E-state index contributed by atoms with van der Waals surface area (Å²) in [7, 11) is 3.62. The molecule has 0 radical (unpaired) electrons. The normalized spacial score (nSPS) is 12.9. The molecule has 0 saturated heterocycles. The first kappa shape index (κ1) is 19.5. The summed E-state index contributed by atoms with van der Waals surface area (Å²) in [5.41, 5.74) is 9.49. The highest BCUT2D eigenvalue weighted by Crippen LogP contribution is 2.32. The van der Waals surface area contributed by atoms with E-state index in [0.717, 1.165) is 11.3 Å². The lowest BCUT2D eigenvalue weighted by Crippen LogP contribution is -2.30. The van der Waals surface area contributed by atoms with Crippen LogP contribution in [0, 0.1) is 12.3 Å². The first-order valence-corrected chi connectivity index (χ1v) is 8.46. The van der Waals surface area contributed by atoms with Crippen molar-refractivity contribution in [3.05, 3.63) is 87.0 Å². The molecule has 0 aliphatic rings. The van der Waals surface area contributed by atoms with Crippen LogP contribution in [0.15, 0.2) is 65.2 Å². The number of hydrogen-bond acceptors (Lipinski definition) is 4. The van der Waals surface area contributed by atoms with Crippen LogP contribution in [0.25, 0.3) is 0 Å². The lowest BCUT2D eigenvalue weighted by molar-refractivity contribution is 0.765. The summed E-state index contributed by atoms with van der Waals surface area (Å²) < 4.78 is 1.55. The smallest absolute Gasteiger partial charge is 0.253 e. The van der Waals surface area contributed by atoms with Gasteiger partial charge in [0, 0.05) is 48.4 Å². The number of halogens is 1. The van der Waals surface area contributed by atoms with E-state index < -0.39 is 0 Å². The van der Waals surface area contributed by atoms with E-state index >= 15 is 0 Å². The highest BCUT2D eigenvalue weighted by atomic mass is 35.5. The molecule has 2 aromatic rings. The number of benzene rings is 1. The number of aromatic nitrogens is 1. The molecule has 1 heterocycles. The Bertz CT molecular complexity index is 886. The van der Waals surface area contributed by atoms with Crippen LogP contribution in [-0.4, -0.2) is 17.8 Å². The van der Waals surface area contributed by atoms with Crippen molar-refractivity contribution in [2.24, 2.45) is 12.8 Å². The van der Waals surface area contributed by atoms with Crippen LogP contribution >= 0.6 is 11.6 Å². The highest BCUT2D eigenvalue weighted by Gasteiger charge is 2.23. The van der Waals surface area contributed by atoms with Crippen LogP contribution in [0.1, 0.15) is 17.2 Å². The standard InChI is InChI=1S/C20H23ClN4O/c1-5-18(23)17(11-22)19(14-6-8-15(21)9-7-14)25(4)16-10-13(2)20(26)24(3)12-16/h5-12,19,22H,1,23H2,2-4H3. The second kappa shape index (κ2) is 8.06. The van der Waals surface area contributed by atoms with Gasteiger partial charge in [0.25, 0.3) is 5.56 Å². The Hall–Kier alpha value is -2.79. The molecule has 136 valence electrons. The molecule has 2 rings (SSSR count). The first-order chi connectivity index (χ1) is 12.3. The quantitative estimate of drug-likeness (QED) is 0.603. The summed E-state index contributed by atoms with van der Waals surface area (Å²) in [4.78, 5) is 14.0. The number of pyridine rings is 1. The van der Waals surface area contributed by atoms with Gasteiger partial charge in [-0.05, 0) is 36.8 Å². The van der Waals surface area contributed by atoms with Gasteiger partial charge in [-0.1, -0.05) is 30.3 Å². The SMILES string of the molecule is C=CC(N)=C(C=N)C(c1ccc(Cl)cc1)N(C)c1cc(C)c(=O)n(C)c1. The van der Waals surface area contributed by atoms with Crippen molar-refractivity contribution in [1.82, 2.24) is 4.57 Å². The van der Waals surface area contributed by atoms with Gasteiger partial charge in [-0.25, -0.2) is 0 Å².